The predicted molar refractivity (Wildman–Crippen MR) is 119 cm³/mol. The summed E-state index contributed by atoms with van der Waals surface area (Å²) in [6.07, 6.45) is 5.84. The summed E-state index contributed by atoms with van der Waals surface area (Å²) in [6, 6.07) is 20.5. The number of hydrogen-bond donors (Lipinski definition) is 2. The summed E-state index contributed by atoms with van der Waals surface area (Å²) in [6.45, 7) is 2.89. The van der Waals surface area contributed by atoms with Crippen molar-refractivity contribution in [2.24, 2.45) is 0 Å². The number of amides is 2. The lowest BCUT2D eigenvalue weighted by atomic mass is 10.0. The van der Waals surface area contributed by atoms with Crippen molar-refractivity contribution < 1.29 is 9.59 Å². The first-order valence-corrected chi connectivity index (χ1v) is 10.4. The van der Waals surface area contributed by atoms with Gasteiger partial charge in [0.2, 0.25) is 0 Å². The Morgan fingerprint density at radius 1 is 0.759 bits per heavy atom. The lowest BCUT2D eigenvalue weighted by Crippen LogP contribution is -2.24. The molecule has 0 aliphatic heterocycles. The van der Waals surface area contributed by atoms with Gasteiger partial charge in [-0.15, -0.1) is 0 Å². The van der Waals surface area contributed by atoms with Crippen LogP contribution in [0.5, 0.6) is 0 Å². The number of hydrogen-bond acceptors (Lipinski definition) is 2. The van der Waals surface area contributed by atoms with E-state index in [9.17, 15) is 9.59 Å². The number of carbonyl (C=O) groups is 2. The van der Waals surface area contributed by atoms with E-state index in [2.05, 4.69) is 17.6 Å². The van der Waals surface area contributed by atoms with Crippen LogP contribution in [0.25, 0.3) is 10.8 Å². The maximum Gasteiger partial charge on any atom is 0.256 e. The summed E-state index contributed by atoms with van der Waals surface area (Å²) in [4.78, 5) is 24.9. The average Bonchev–Trinajstić information content (AvgIpc) is 2.76. The zero-order chi connectivity index (χ0) is 20.5. The van der Waals surface area contributed by atoms with E-state index in [0.717, 1.165) is 23.6 Å². The zero-order valence-electron chi connectivity index (χ0n) is 16.9. The lowest BCUT2D eigenvalue weighted by molar-refractivity contribution is 0.0952. The molecule has 0 bridgehead atoms. The SMILES string of the molecule is CCCCCCCNC(=O)c1ccc(NC(=O)c2cccc3ccccc23)cc1. The average molecular weight is 389 g/mol. The first kappa shape index (κ1) is 20.6. The molecule has 0 saturated carbocycles. The Labute approximate surface area is 172 Å². The molecule has 2 N–H and O–H groups in total. The van der Waals surface area contributed by atoms with E-state index < -0.39 is 0 Å². The van der Waals surface area contributed by atoms with E-state index in [1.807, 2.05) is 42.5 Å². The van der Waals surface area contributed by atoms with Crippen molar-refractivity contribution in [3.8, 4) is 0 Å². The van der Waals surface area contributed by atoms with Gasteiger partial charge in [-0.25, -0.2) is 0 Å². The topological polar surface area (TPSA) is 58.2 Å². The Hall–Kier alpha value is -3.14. The van der Waals surface area contributed by atoms with Crippen LogP contribution in [0.2, 0.25) is 0 Å². The molecule has 150 valence electrons. The van der Waals surface area contributed by atoms with Crippen molar-refractivity contribution in [1.82, 2.24) is 5.32 Å². The van der Waals surface area contributed by atoms with Gasteiger partial charge in [-0.2, -0.15) is 0 Å². The van der Waals surface area contributed by atoms with Gasteiger partial charge in [-0.3, -0.25) is 9.59 Å². The van der Waals surface area contributed by atoms with Crippen LogP contribution in [0, 0.1) is 0 Å². The fourth-order valence-electron chi connectivity index (χ4n) is 3.36. The van der Waals surface area contributed by atoms with Gasteiger partial charge in [0.1, 0.15) is 0 Å². The predicted octanol–water partition coefficient (Wildman–Crippen LogP) is 5.79. The molecular formula is C25H28N2O2. The van der Waals surface area contributed by atoms with E-state index in [4.69, 9.17) is 0 Å². The number of fused-ring (bicyclic) bond motifs is 1. The van der Waals surface area contributed by atoms with E-state index in [1.165, 1.54) is 19.3 Å². The summed E-state index contributed by atoms with van der Waals surface area (Å²) in [7, 11) is 0. The van der Waals surface area contributed by atoms with E-state index in [0.29, 0.717) is 23.4 Å². The monoisotopic (exact) mass is 388 g/mol. The van der Waals surface area contributed by atoms with Crippen LogP contribution in [-0.2, 0) is 0 Å². The number of benzene rings is 3. The fraction of sp³-hybridized carbons (Fsp3) is 0.280. The summed E-state index contributed by atoms with van der Waals surface area (Å²) in [5.74, 6) is -0.237. The molecule has 0 aromatic heterocycles. The summed E-state index contributed by atoms with van der Waals surface area (Å²) in [5, 5.41) is 7.82. The molecule has 4 nitrogen and oxygen atoms in total. The molecule has 0 radical (unpaired) electrons. The van der Waals surface area contributed by atoms with E-state index in [-0.39, 0.29) is 11.8 Å². The molecule has 0 unspecified atom stereocenters. The second kappa shape index (κ2) is 10.4. The molecule has 3 rings (SSSR count). The highest BCUT2D eigenvalue weighted by atomic mass is 16.2. The quantitative estimate of drug-likeness (QED) is 0.456. The molecule has 0 fully saturated rings. The molecular weight excluding hydrogens is 360 g/mol. The van der Waals surface area contributed by atoms with Gasteiger partial charge in [0.25, 0.3) is 11.8 Å². The Morgan fingerprint density at radius 3 is 2.28 bits per heavy atom. The summed E-state index contributed by atoms with van der Waals surface area (Å²) < 4.78 is 0. The fourth-order valence-corrected chi connectivity index (χ4v) is 3.36. The Balaban J connectivity index is 1.56. The summed E-state index contributed by atoms with van der Waals surface area (Å²) >= 11 is 0. The molecule has 0 aliphatic carbocycles. The standard InChI is InChI=1S/C25H28N2O2/c1-2-3-4-5-8-18-26-24(28)20-14-16-21(17-15-20)27-25(29)23-13-9-11-19-10-6-7-12-22(19)23/h6-7,9-17H,2-5,8,18H2,1H3,(H,26,28)(H,27,29). The van der Waals surface area contributed by atoms with Crippen molar-refractivity contribution in [3.63, 3.8) is 0 Å². The number of anilines is 1. The Kier molecular flexibility index (Phi) is 7.40. The number of unbranched alkanes of at least 4 members (excludes halogenated alkanes) is 4. The van der Waals surface area contributed by atoms with Gasteiger partial charge in [0.15, 0.2) is 0 Å². The van der Waals surface area contributed by atoms with Crippen molar-refractivity contribution in [2.75, 3.05) is 11.9 Å². The molecule has 0 spiro atoms. The molecule has 2 amide bonds. The zero-order valence-corrected chi connectivity index (χ0v) is 16.9. The van der Waals surface area contributed by atoms with Crippen LogP contribution in [0.1, 0.15) is 59.7 Å². The molecule has 0 aliphatic rings. The third-order valence-electron chi connectivity index (χ3n) is 5.01. The van der Waals surface area contributed by atoms with Crippen LogP contribution in [-0.4, -0.2) is 18.4 Å². The second-order valence-electron chi connectivity index (χ2n) is 7.23. The Morgan fingerprint density at radius 2 is 1.48 bits per heavy atom. The second-order valence-corrected chi connectivity index (χ2v) is 7.23. The van der Waals surface area contributed by atoms with Crippen LogP contribution >= 0.6 is 0 Å². The van der Waals surface area contributed by atoms with E-state index >= 15 is 0 Å². The number of rotatable bonds is 9. The maximum absolute atomic E-state index is 12.7. The molecule has 3 aromatic carbocycles. The third-order valence-corrected chi connectivity index (χ3v) is 5.01. The minimum absolute atomic E-state index is 0.0765. The minimum atomic E-state index is -0.161. The first-order chi connectivity index (χ1) is 14.2. The van der Waals surface area contributed by atoms with Crippen LogP contribution in [0.15, 0.2) is 66.7 Å². The molecule has 3 aromatic rings. The molecule has 29 heavy (non-hydrogen) atoms. The van der Waals surface area contributed by atoms with Crippen molar-refractivity contribution in [1.29, 1.82) is 0 Å². The Bertz CT molecular complexity index is 959. The van der Waals surface area contributed by atoms with Gasteiger partial charge in [-0.05, 0) is 47.5 Å². The van der Waals surface area contributed by atoms with Crippen LogP contribution in [0.3, 0.4) is 0 Å². The number of carbonyl (C=O) groups excluding carboxylic acids is 2. The highest BCUT2D eigenvalue weighted by molar-refractivity contribution is 6.13. The van der Waals surface area contributed by atoms with Crippen molar-refractivity contribution in [3.05, 3.63) is 77.9 Å². The van der Waals surface area contributed by atoms with Gasteiger partial charge >= 0.3 is 0 Å². The largest absolute Gasteiger partial charge is 0.352 e. The molecule has 0 heterocycles. The van der Waals surface area contributed by atoms with E-state index in [1.54, 1.807) is 24.3 Å². The first-order valence-electron chi connectivity index (χ1n) is 10.4. The smallest absolute Gasteiger partial charge is 0.256 e. The maximum atomic E-state index is 12.7. The summed E-state index contributed by atoms with van der Waals surface area (Å²) in [5.41, 5.74) is 1.90. The molecule has 4 heteroatoms. The van der Waals surface area contributed by atoms with Crippen molar-refractivity contribution in [2.45, 2.75) is 39.0 Å². The molecule has 0 saturated heterocycles. The van der Waals surface area contributed by atoms with Crippen molar-refractivity contribution >= 4 is 28.3 Å². The van der Waals surface area contributed by atoms with Gasteiger partial charge < -0.3 is 10.6 Å². The highest BCUT2D eigenvalue weighted by Crippen LogP contribution is 2.20. The molecule has 0 atom stereocenters. The number of nitrogens with one attached hydrogen (secondary N) is 2. The normalized spacial score (nSPS) is 10.7. The van der Waals surface area contributed by atoms with Gasteiger partial charge in [0, 0.05) is 23.4 Å². The third kappa shape index (κ3) is 5.67. The van der Waals surface area contributed by atoms with Crippen LogP contribution < -0.4 is 10.6 Å². The lowest BCUT2D eigenvalue weighted by Gasteiger charge is -2.09. The highest BCUT2D eigenvalue weighted by Gasteiger charge is 2.11. The van der Waals surface area contributed by atoms with Crippen LogP contribution in [0.4, 0.5) is 5.69 Å². The minimum Gasteiger partial charge on any atom is -0.352 e. The van der Waals surface area contributed by atoms with Gasteiger partial charge in [0.05, 0.1) is 0 Å². The van der Waals surface area contributed by atoms with Gasteiger partial charge in [-0.1, -0.05) is 69.0 Å².